The molecule has 0 aliphatic carbocycles. The topological polar surface area (TPSA) is 102 Å². The van der Waals surface area contributed by atoms with Crippen LogP contribution in [-0.2, 0) is 6.18 Å². The van der Waals surface area contributed by atoms with E-state index < -0.39 is 29.6 Å². The highest BCUT2D eigenvalue weighted by atomic mass is 35.5. The van der Waals surface area contributed by atoms with Crippen molar-refractivity contribution in [3.05, 3.63) is 99.7 Å². The van der Waals surface area contributed by atoms with Crippen LogP contribution >= 0.6 is 36.7 Å². The summed E-state index contributed by atoms with van der Waals surface area (Å²) in [7, 11) is 0. The first-order valence-corrected chi connectivity index (χ1v) is 11.4. The fraction of sp³-hybridized carbons (Fsp3) is 0.125. The van der Waals surface area contributed by atoms with E-state index in [0.717, 1.165) is 12.1 Å². The van der Waals surface area contributed by atoms with Crippen molar-refractivity contribution in [2.45, 2.75) is 19.1 Å². The smallest absolute Gasteiger partial charge is 0.342 e. The van der Waals surface area contributed by atoms with Gasteiger partial charge in [0.15, 0.2) is 11.6 Å². The maximum atomic E-state index is 13.1. The molecular weight excluding hydrogens is 564 g/mol. The lowest BCUT2D eigenvalue weighted by Gasteiger charge is -2.15. The number of halogens is 5. The first-order valence-electron chi connectivity index (χ1n) is 10.6. The Morgan fingerprint density at radius 3 is 2.37 bits per heavy atom. The molecule has 2 aromatic heterocycles. The number of aromatic nitrogens is 4. The molecule has 4 rings (SSSR count). The maximum Gasteiger partial charge on any atom is 0.416 e. The van der Waals surface area contributed by atoms with E-state index in [0.29, 0.717) is 22.6 Å². The normalized spacial score (nSPS) is 11.8. The van der Waals surface area contributed by atoms with Crippen molar-refractivity contribution < 1.29 is 22.8 Å². The van der Waals surface area contributed by atoms with E-state index in [1.54, 1.807) is 31.2 Å². The molecule has 0 aliphatic heterocycles. The molecule has 0 saturated heterocycles. The van der Waals surface area contributed by atoms with Crippen molar-refractivity contribution in [2.24, 2.45) is 0 Å². The van der Waals surface area contributed by atoms with Crippen LogP contribution in [-0.4, -0.2) is 31.6 Å². The number of nitrogens with zero attached hydrogens (tertiary/aromatic N) is 4. The fourth-order valence-electron chi connectivity index (χ4n) is 3.37. The van der Waals surface area contributed by atoms with Gasteiger partial charge in [0.2, 0.25) is 0 Å². The summed E-state index contributed by atoms with van der Waals surface area (Å²) in [5.41, 5.74) is -0.504. The number of hydrogen-bond donors (Lipinski definition) is 2. The lowest BCUT2D eigenvalue weighted by atomic mass is 10.1. The number of hydrogen-bond acceptors (Lipinski definition) is 5. The van der Waals surface area contributed by atoms with Gasteiger partial charge in [-0.2, -0.15) is 36.4 Å². The van der Waals surface area contributed by atoms with Crippen LogP contribution in [0.2, 0.25) is 10.0 Å². The molecule has 4 aromatic rings. The van der Waals surface area contributed by atoms with E-state index in [-0.39, 0.29) is 35.5 Å². The van der Waals surface area contributed by atoms with E-state index >= 15 is 0 Å². The van der Waals surface area contributed by atoms with Gasteiger partial charge in [0.25, 0.3) is 11.8 Å². The summed E-state index contributed by atoms with van der Waals surface area (Å²) >= 11 is 11.7. The van der Waals surface area contributed by atoms with Gasteiger partial charge < -0.3 is 10.6 Å². The van der Waals surface area contributed by atoms with Crippen molar-refractivity contribution in [2.75, 3.05) is 5.32 Å². The first-order chi connectivity index (χ1) is 17.5. The van der Waals surface area contributed by atoms with Crippen LogP contribution in [0.1, 0.15) is 45.1 Å². The van der Waals surface area contributed by atoms with Crippen molar-refractivity contribution in [3.8, 4) is 5.82 Å². The SMILES string of the molecule is C[C@H](NC(=O)c1cc(Cl)cc(C(F)(F)F)c1)c1ncnn1-c1ccc(C(=O)Nc2cccc(Cl)c2)cn1.S. The molecule has 38 heavy (non-hydrogen) atoms. The van der Waals surface area contributed by atoms with E-state index in [9.17, 15) is 22.8 Å². The molecule has 2 heterocycles. The zero-order chi connectivity index (χ0) is 26.7. The van der Waals surface area contributed by atoms with Gasteiger partial charge in [-0.15, -0.1) is 0 Å². The summed E-state index contributed by atoms with van der Waals surface area (Å²) in [6, 6.07) is 11.6. The predicted molar refractivity (Wildman–Crippen MR) is 141 cm³/mol. The van der Waals surface area contributed by atoms with Gasteiger partial charge in [0.05, 0.1) is 17.2 Å². The number of carbonyl (C=O) groups is 2. The molecule has 0 saturated carbocycles. The number of nitrogens with one attached hydrogen (secondary N) is 2. The van der Waals surface area contributed by atoms with E-state index in [1.165, 1.54) is 29.3 Å². The van der Waals surface area contributed by atoms with Gasteiger partial charge >= 0.3 is 6.18 Å². The Bertz CT molecular complexity index is 1460. The molecule has 0 bridgehead atoms. The quantitative estimate of drug-likeness (QED) is 0.297. The molecule has 2 amide bonds. The molecule has 198 valence electrons. The lowest BCUT2D eigenvalue weighted by molar-refractivity contribution is -0.137. The van der Waals surface area contributed by atoms with Crippen LogP contribution in [0.15, 0.2) is 67.1 Å². The molecule has 0 fully saturated rings. The number of amides is 2. The molecule has 14 heteroatoms. The second-order valence-electron chi connectivity index (χ2n) is 7.82. The number of rotatable bonds is 6. The molecule has 2 aromatic carbocycles. The monoisotopic (exact) mass is 582 g/mol. The zero-order valence-electron chi connectivity index (χ0n) is 19.4. The van der Waals surface area contributed by atoms with Crippen LogP contribution < -0.4 is 10.6 Å². The Kier molecular flexibility index (Phi) is 9.02. The lowest BCUT2D eigenvalue weighted by Crippen LogP contribution is -2.29. The van der Waals surface area contributed by atoms with Crippen molar-refractivity contribution >= 4 is 54.2 Å². The van der Waals surface area contributed by atoms with Gasteiger partial charge in [-0.05, 0) is 55.5 Å². The average molecular weight is 583 g/mol. The van der Waals surface area contributed by atoms with E-state index in [1.807, 2.05) is 0 Å². The van der Waals surface area contributed by atoms with Crippen LogP contribution in [0, 0.1) is 0 Å². The second-order valence-corrected chi connectivity index (χ2v) is 8.69. The van der Waals surface area contributed by atoms with Gasteiger partial charge in [-0.1, -0.05) is 29.3 Å². The van der Waals surface area contributed by atoms with Crippen molar-refractivity contribution in [3.63, 3.8) is 0 Å². The summed E-state index contributed by atoms with van der Waals surface area (Å²) in [6.45, 7) is 1.58. The zero-order valence-corrected chi connectivity index (χ0v) is 21.9. The molecule has 0 radical (unpaired) electrons. The first kappa shape index (κ1) is 29.0. The number of benzene rings is 2. The predicted octanol–water partition coefficient (Wildman–Crippen LogP) is 5.84. The molecule has 0 aliphatic rings. The molecule has 8 nitrogen and oxygen atoms in total. The number of pyridine rings is 1. The molecule has 0 spiro atoms. The van der Waals surface area contributed by atoms with Gasteiger partial charge in [0.1, 0.15) is 6.33 Å². The molecule has 1 atom stereocenters. The van der Waals surface area contributed by atoms with E-state index in [4.69, 9.17) is 23.2 Å². The third-order valence-electron chi connectivity index (χ3n) is 5.11. The number of carbonyl (C=O) groups excluding carboxylic acids is 2. The van der Waals surface area contributed by atoms with E-state index in [2.05, 4.69) is 25.7 Å². The third kappa shape index (κ3) is 6.82. The summed E-state index contributed by atoms with van der Waals surface area (Å²) in [5.74, 6) is -0.623. The summed E-state index contributed by atoms with van der Waals surface area (Å²) in [4.78, 5) is 33.6. The number of alkyl halides is 3. The van der Waals surface area contributed by atoms with Crippen molar-refractivity contribution in [1.82, 2.24) is 25.1 Å². The fourth-order valence-corrected chi connectivity index (χ4v) is 3.79. The van der Waals surface area contributed by atoms with Crippen molar-refractivity contribution in [1.29, 1.82) is 0 Å². The summed E-state index contributed by atoms with van der Waals surface area (Å²) in [6.07, 6.45) is -2.08. The standard InChI is InChI=1S/C24H17Cl2F3N6O2.H2S/c1-13(33-23(37)15-7-16(24(27,28)29)9-18(26)8-15)21-31-12-32-35(21)20-6-5-14(11-30-20)22(36)34-19-4-2-3-17(25)10-19;/h2-13H,1H3,(H,33,37)(H,34,36);1H2/t13-;/m0./s1. The van der Waals surface area contributed by atoms with Gasteiger partial charge in [-0.3, -0.25) is 9.59 Å². The highest BCUT2D eigenvalue weighted by Crippen LogP contribution is 2.32. The Labute approximate surface area is 231 Å². The minimum absolute atomic E-state index is 0. The summed E-state index contributed by atoms with van der Waals surface area (Å²) < 4.78 is 40.6. The third-order valence-corrected chi connectivity index (χ3v) is 5.56. The van der Waals surface area contributed by atoms with Gasteiger partial charge in [-0.25, -0.2) is 9.97 Å². The Balaban J connectivity index is 0.00000400. The molecular formula is C24H19Cl2F3N6O2S. The minimum atomic E-state index is -4.66. The average Bonchev–Trinajstić information content (AvgIpc) is 3.33. The Morgan fingerprint density at radius 1 is 0.947 bits per heavy atom. The van der Waals surface area contributed by atoms with Crippen LogP contribution in [0.4, 0.5) is 18.9 Å². The number of anilines is 1. The minimum Gasteiger partial charge on any atom is -0.342 e. The van der Waals surface area contributed by atoms with Crippen LogP contribution in [0.3, 0.4) is 0 Å². The maximum absolute atomic E-state index is 13.1. The van der Waals surface area contributed by atoms with Crippen LogP contribution in [0.25, 0.3) is 5.82 Å². The largest absolute Gasteiger partial charge is 0.416 e. The highest BCUT2D eigenvalue weighted by molar-refractivity contribution is 7.59. The second kappa shape index (κ2) is 11.8. The van der Waals surface area contributed by atoms with Crippen LogP contribution in [0.5, 0.6) is 0 Å². The highest BCUT2D eigenvalue weighted by Gasteiger charge is 2.32. The Hall–Kier alpha value is -3.61. The molecule has 2 N–H and O–H groups in total. The summed E-state index contributed by atoms with van der Waals surface area (Å²) in [5, 5.41) is 9.66. The molecule has 0 unspecified atom stereocenters. The Morgan fingerprint density at radius 2 is 1.71 bits per heavy atom. The van der Waals surface area contributed by atoms with Gasteiger partial charge in [0, 0.05) is 27.5 Å².